The van der Waals surface area contributed by atoms with Crippen LogP contribution >= 0.6 is 23.4 Å². The molecule has 9 heteroatoms. The molecule has 6 aromatic rings. The van der Waals surface area contributed by atoms with Gasteiger partial charge in [-0.1, -0.05) is 78.0 Å². The van der Waals surface area contributed by atoms with Crippen LogP contribution in [-0.4, -0.2) is 37.2 Å². The number of rotatable bonds is 9. The molecule has 206 valence electrons. The molecule has 0 bridgehead atoms. The summed E-state index contributed by atoms with van der Waals surface area (Å²) < 4.78 is 1.96. The Hall–Kier alpha value is -4.92. The summed E-state index contributed by atoms with van der Waals surface area (Å²) in [5.41, 5.74) is 4.70. The number of ketones is 1. The molecule has 0 atom stereocenters. The number of carbonyl (C=O) groups is 2. The van der Waals surface area contributed by atoms with E-state index in [1.165, 1.54) is 17.8 Å². The molecule has 2 heterocycles. The summed E-state index contributed by atoms with van der Waals surface area (Å²) >= 11 is 7.46. The Morgan fingerprint density at radius 1 is 0.881 bits per heavy atom. The molecule has 42 heavy (non-hydrogen) atoms. The van der Waals surface area contributed by atoms with Crippen molar-refractivity contribution in [2.24, 2.45) is 0 Å². The predicted molar refractivity (Wildman–Crippen MR) is 169 cm³/mol. The molecular formula is C33H24ClN5O2S. The Morgan fingerprint density at radius 3 is 2.43 bits per heavy atom. The van der Waals surface area contributed by atoms with Gasteiger partial charge in [0.15, 0.2) is 16.8 Å². The van der Waals surface area contributed by atoms with Crippen LogP contribution in [0.2, 0.25) is 5.02 Å². The van der Waals surface area contributed by atoms with Crippen LogP contribution < -0.4 is 5.32 Å². The van der Waals surface area contributed by atoms with E-state index in [1.807, 2.05) is 83.6 Å². The molecule has 2 N–H and O–H groups in total. The first-order chi connectivity index (χ1) is 20.6. The number of benzene rings is 4. The zero-order valence-electron chi connectivity index (χ0n) is 22.2. The number of fused-ring (bicyclic) bond motifs is 1. The van der Waals surface area contributed by atoms with Gasteiger partial charge in [0, 0.05) is 44.6 Å². The van der Waals surface area contributed by atoms with Gasteiger partial charge in [-0.3, -0.25) is 14.2 Å². The van der Waals surface area contributed by atoms with Crippen molar-refractivity contribution in [1.29, 1.82) is 0 Å². The van der Waals surface area contributed by atoms with Gasteiger partial charge in [0.05, 0.1) is 5.75 Å². The summed E-state index contributed by atoms with van der Waals surface area (Å²) in [6, 6.07) is 32.0. The highest BCUT2D eigenvalue weighted by atomic mass is 35.5. The topological polar surface area (TPSA) is 92.7 Å². The summed E-state index contributed by atoms with van der Waals surface area (Å²) in [6.45, 7) is 0. The molecule has 6 rings (SSSR count). The minimum atomic E-state index is -0.200. The fourth-order valence-corrected chi connectivity index (χ4v) is 5.47. The fraction of sp³-hybridized carbons (Fsp3) is 0.0303. The van der Waals surface area contributed by atoms with Crippen molar-refractivity contribution in [2.45, 2.75) is 5.16 Å². The Bertz CT molecular complexity index is 1910. The second-order valence-corrected chi connectivity index (χ2v) is 10.7. The first-order valence-corrected chi connectivity index (χ1v) is 14.5. The maximum Gasteiger partial charge on any atom is 0.234 e. The Morgan fingerprint density at radius 2 is 1.62 bits per heavy atom. The number of aromatic amines is 1. The Kier molecular flexibility index (Phi) is 7.98. The smallest absolute Gasteiger partial charge is 0.234 e. The first kappa shape index (κ1) is 27.3. The minimum Gasteiger partial charge on any atom is -0.360 e. The molecule has 0 radical (unpaired) electrons. The van der Waals surface area contributed by atoms with E-state index in [1.54, 1.807) is 36.4 Å². The van der Waals surface area contributed by atoms with Gasteiger partial charge in [0.1, 0.15) is 0 Å². The third-order valence-corrected chi connectivity index (χ3v) is 7.86. The molecule has 0 aliphatic rings. The predicted octanol–water partition coefficient (Wildman–Crippen LogP) is 7.70. The van der Waals surface area contributed by atoms with Gasteiger partial charge in [-0.2, -0.15) is 0 Å². The van der Waals surface area contributed by atoms with Gasteiger partial charge in [-0.15, -0.1) is 10.2 Å². The number of hydrogen-bond acceptors (Lipinski definition) is 5. The molecule has 0 aliphatic carbocycles. The second-order valence-electron chi connectivity index (χ2n) is 9.36. The SMILES string of the molecule is O=C(CSc1nnc(-c2c[nH]c3ccccc23)n1-c1ccccc1)Nc1ccc(C(=O)/C=C/c2ccccc2Cl)cc1. The lowest BCUT2D eigenvalue weighted by atomic mass is 10.1. The Balaban J connectivity index is 1.14. The van der Waals surface area contributed by atoms with E-state index < -0.39 is 0 Å². The monoisotopic (exact) mass is 589 g/mol. The van der Waals surface area contributed by atoms with Crippen LogP contribution in [0.3, 0.4) is 0 Å². The van der Waals surface area contributed by atoms with Crippen molar-refractivity contribution in [3.8, 4) is 17.1 Å². The molecule has 0 saturated heterocycles. The number of anilines is 1. The van der Waals surface area contributed by atoms with E-state index in [0.717, 1.165) is 27.7 Å². The van der Waals surface area contributed by atoms with Crippen LogP contribution in [0.4, 0.5) is 5.69 Å². The summed E-state index contributed by atoms with van der Waals surface area (Å²) in [4.78, 5) is 28.8. The number of allylic oxidation sites excluding steroid dienone is 1. The molecule has 0 aliphatic heterocycles. The third kappa shape index (κ3) is 5.90. The largest absolute Gasteiger partial charge is 0.360 e. The van der Waals surface area contributed by atoms with Crippen LogP contribution in [0.5, 0.6) is 0 Å². The number of nitrogens with one attached hydrogen (secondary N) is 2. The minimum absolute atomic E-state index is 0.125. The second kappa shape index (κ2) is 12.3. The number of aromatic nitrogens is 4. The van der Waals surface area contributed by atoms with Crippen LogP contribution in [0.1, 0.15) is 15.9 Å². The Labute approximate surface area is 251 Å². The van der Waals surface area contributed by atoms with E-state index in [-0.39, 0.29) is 17.4 Å². The highest BCUT2D eigenvalue weighted by Gasteiger charge is 2.19. The van der Waals surface area contributed by atoms with Crippen molar-refractivity contribution in [2.75, 3.05) is 11.1 Å². The van der Waals surface area contributed by atoms with Crippen LogP contribution in [-0.2, 0) is 4.79 Å². The lowest BCUT2D eigenvalue weighted by Crippen LogP contribution is -2.14. The standard InChI is InChI=1S/C33H24ClN5O2S/c34-28-12-6-4-8-22(28)16-19-30(40)23-14-17-24(18-15-23)36-31(41)21-42-33-38-37-32(39(33)25-9-2-1-3-10-25)27-20-35-29-13-7-5-11-26(27)29/h1-20,35H,21H2,(H,36,41)/b19-16+. The van der Waals surface area contributed by atoms with Gasteiger partial charge < -0.3 is 10.3 Å². The fourth-order valence-electron chi connectivity index (χ4n) is 4.52. The first-order valence-electron chi connectivity index (χ1n) is 13.1. The summed E-state index contributed by atoms with van der Waals surface area (Å²) in [5, 5.41) is 14.1. The van der Waals surface area contributed by atoms with Crippen molar-refractivity contribution >= 4 is 57.7 Å². The maximum atomic E-state index is 12.9. The number of hydrogen-bond donors (Lipinski definition) is 2. The number of halogens is 1. The van der Waals surface area contributed by atoms with Gasteiger partial charge in [-0.25, -0.2) is 0 Å². The summed E-state index contributed by atoms with van der Waals surface area (Å²) in [5.74, 6) is 0.453. The molecule has 2 aromatic heterocycles. The number of H-pyrrole nitrogens is 1. The van der Waals surface area contributed by atoms with E-state index in [2.05, 4.69) is 20.5 Å². The van der Waals surface area contributed by atoms with E-state index in [4.69, 9.17) is 11.6 Å². The highest BCUT2D eigenvalue weighted by Crippen LogP contribution is 2.32. The molecule has 1 amide bonds. The van der Waals surface area contributed by atoms with Gasteiger partial charge in [0.25, 0.3) is 0 Å². The van der Waals surface area contributed by atoms with Crippen molar-refractivity contribution in [3.63, 3.8) is 0 Å². The molecular weight excluding hydrogens is 566 g/mol. The van der Waals surface area contributed by atoms with Crippen LogP contribution in [0.25, 0.3) is 34.1 Å². The third-order valence-electron chi connectivity index (χ3n) is 6.58. The van der Waals surface area contributed by atoms with Gasteiger partial charge in [-0.05, 0) is 66.2 Å². The molecule has 4 aromatic carbocycles. The molecule has 0 fully saturated rings. The average molecular weight is 590 g/mol. The van der Waals surface area contributed by atoms with E-state index >= 15 is 0 Å². The molecule has 0 unspecified atom stereocenters. The number of para-hydroxylation sites is 2. The van der Waals surface area contributed by atoms with Crippen molar-refractivity contribution < 1.29 is 9.59 Å². The normalized spacial score (nSPS) is 11.3. The maximum absolute atomic E-state index is 12.9. The number of nitrogens with zero attached hydrogens (tertiary/aromatic N) is 3. The van der Waals surface area contributed by atoms with Crippen LogP contribution in [0.15, 0.2) is 121 Å². The lowest BCUT2D eigenvalue weighted by molar-refractivity contribution is -0.113. The number of carbonyl (C=O) groups excluding carboxylic acids is 2. The molecule has 0 saturated carbocycles. The lowest BCUT2D eigenvalue weighted by Gasteiger charge is -2.10. The number of thioether (sulfide) groups is 1. The quantitative estimate of drug-likeness (QED) is 0.102. The van der Waals surface area contributed by atoms with Gasteiger partial charge >= 0.3 is 0 Å². The molecule has 0 spiro atoms. The summed E-state index contributed by atoms with van der Waals surface area (Å²) in [7, 11) is 0. The van der Waals surface area contributed by atoms with Crippen molar-refractivity contribution in [3.05, 3.63) is 132 Å². The van der Waals surface area contributed by atoms with Gasteiger partial charge in [0.2, 0.25) is 5.91 Å². The summed E-state index contributed by atoms with van der Waals surface area (Å²) in [6.07, 6.45) is 5.10. The number of amides is 1. The zero-order valence-corrected chi connectivity index (χ0v) is 23.8. The highest BCUT2D eigenvalue weighted by molar-refractivity contribution is 7.99. The van der Waals surface area contributed by atoms with E-state index in [9.17, 15) is 9.59 Å². The molecule has 7 nitrogen and oxygen atoms in total. The van der Waals surface area contributed by atoms with E-state index in [0.29, 0.717) is 27.3 Å². The van der Waals surface area contributed by atoms with Crippen molar-refractivity contribution in [1.82, 2.24) is 19.7 Å². The average Bonchev–Trinajstić information content (AvgIpc) is 3.64. The van der Waals surface area contributed by atoms with Crippen LogP contribution in [0, 0.1) is 0 Å². The zero-order chi connectivity index (χ0) is 28.9.